The van der Waals surface area contributed by atoms with Gasteiger partial charge in [0.25, 0.3) is 0 Å². The molecule has 114 valence electrons. The molecule has 0 aromatic carbocycles. The second-order valence-corrected chi connectivity index (χ2v) is 7.24. The number of nitrogens with zero attached hydrogens (tertiary/aromatic N) is 2. The van der Waals surface area contributed by atoms with Gasteiger partial charge in [-0.3, -0.25) is 4.68 Å². The van der Waals surface area contributed by atoms with Gasteiger partial charge in [0.15, 0.2) is 0 Å². The van der Waals surface area contributed by atoms with Crippen LogP contribution in [-0.4, -0.2) is 15.3 Å². The second-order valence-electron chi connectivity index (χ2n) is 6.45. The Hall–Kier alpha value is -0.350. The van der Waals surface area contributed by atoms with Crippen LogP contribution in [-0.2, 0) is 19.4 Å². The maximum atomic E-state index is 6.73. The molecule has 0 radical (unpaired) electrons. The molecule has 0 bridgehead atoms. The van der Waals surface area contributed by atoms with Gasteiger partial charge < -0.3 is 5.73 Å². The van der Waals surface area contributed by atoms with Crippen LogP contribution < -0.4 is 5.73 Å². The topological polar surface area (TPSA) is 43.8 Å². The van der Waals surface area contributed by atoms with Crippen LogP contribution in [0.4, 0.5) is 0 Å². The van der Waals surface area contributed by atoms with E-state index in [1.807, 2.05) is 0 Å². The lowest BCUT2D eigenvalue weighted by Gasteiger charge is -2.28. The molecule has 1 aliphatic carbocycles. The van der Waals surface area contributed by atoms with E-state index >= 15 is 0 Å². The van der Waals surface area contributed by atoms with Crippen molar-refractivity contribution in [1.82, 2.24) is 9.78 Å². The molecule has 2 atom stereocenters. The van der Waals surface area contributed by atoms with E-state index in [4.69, 9.17) is 10.8 Å². The first kappa shape index (κ1) is 16.0. The molecule has 1 aromatic rings. The van der Waals surface area contributed by atoms with Gasteiger partial charge in [-0.15, -0.1) is 0 Å². The van der Waals surface area contributed by atoms with Crippen molar-refractivity contribution in [2.75, 3.05) is 0 Å². The molecule has 4 heteroatoms. The Kier molecular flexibility index (Phi) is 5.30. The lowest BCUT2D eigenvalue weighted by molar-refractivity contribution is 0.352. The van der Waals surface area contributed by atoms with E-state index in [9.17, 15) is 0 Å². The number of rotatable bonds is 4. The lowest BCUT2D eigenvalue weighted by atomic mass is 9.86. The van der Waals surface area contributed by atoms with E-state index < -0.39 is 0 Å². The lowest BCUT2D eigenvalue weighted by Crippen LogP contribution is -2.42. The highest BCUT2D eigenvalue weighted by Gasteiger charge is 2.31. The summed E-state index contributed by atoms with van der Waals surface area (Å²) in [5.41, 5.74) is 9.14. The third kappa shape index (κ3) is 3.45. The standard InChI is InChI=1S/C16H28BrN3/c1-4-13-15(17)14(20(5-2)19-13)11-16(18)9-6-7-12(3)8-10-16/h12H,4-11,18H2,1-3H3. The van der Waals surface area contributed by atoms with Crippen molar-refractivity contribution in [1.29, 1.82) is 0 Å². The summed E-state index contributed by atoms with van der Waals surface area (Å²) in [5, 5.41) is 4.70. The predicted molar refractivity (Wildman–Crippen MR) is 87.9 cm³/mol. The van der Waals surface area contributed by atoms with Crippen molar-refractivity contribution in [2.24, 2.45) is 11.7 Å². The van der Waals surface area contributed by atoms with Crippen molar-refractivity contribution >= 4 is 15.9 Å². The van der Waals surface area contributed by atoms with Gasteiger partial charge in [0.2, 0.25) is 0 Å². The summed E-state index contributed by atoms with van der Waals surface area (Å²) in [6.45, 7) is 7.58. The van der Waals surface area contributed by atoms with Crippen LogP contribution in [0.2, 0.25) is 0 Å². The minimum atomic E-state index is -0.0504. The van der Waals surface area contributed by atoms with Crippen molar-refractivity contribution in [3.8, 4) is 0 Å². The fourth-order valence-corrected chi connectivity index (χ4v) is 4.01. The molecule has 2 unspecified atom stereocenters. The van der Waals surface area contributed by atoms with Crippen LogP contribution >= 0.6 is 15.9 Å². The molecule has 1 aromatic heterocycles. The Bertz CT molecular complexity index is 455. The number of nitrogens with two attached hydrogens (primary N) is 1. The Morgan fingerprint density at radius 2 is 2.10 bits per heavy atom. The van der Waals surface area contributed by atoms with Crippen molar-refractivity contribution in [3.05, 3.63) is 15.9 Å². The summed E-state index contributed by atoms with van der Waals surface area (Å²) >= 11 is 3.75. The maximum absolute atomic E-state index is 6.73. The maximum Gasteiger partial charge on any atom is 0.0766 e. The van der Waals surface area contributed by atoms with Crippen LogP contribution in [0.5, 0.6) is 0 Å². The molecule has 1 aliphatic rings. The summed E-state index contributed by atoms with van der Waals surface area (Å²) in [6.07, 6.45) is 8.03. The Morgan fingerprint density at radius 3 is 2.75 bits per heavy atom. The summed E-state index contributed by atoms with van der Waals surface area (Å²) in [6, 6.07) is 0. The van der Waals surface area contributed by atoms with Gasteiger partial charge >= 0.3 is 0 Å². The zero-order chi connectivity index (χ0) is 14.8. The highest BCUT2D eigenvalue weighted by Crippen LogP contribution is 2.33. The molecule has 1 fully saturated rings. The highest BCUT2D eigenvalue weighted by atomic mass is 79.9. The van der Waals surface area contributed by atoms with Gasteiger partial charge in [0.05, 0.1) is 15.9 Å². The first-order valence-electron chi connectivity index (χ1n) is 8.02. The van der Waals surface area contributed by atoms with Crippen LogP contribution in [0.1, 0.15) is 64.3 Å². The van der Waals surface area contributed by atoms with Crippen LogP contribution in [0, 0.1) is 5.92 Å². The minimum absolute atomic E-state index is 0.0504. The van der Waals surface area contributed by atoms with Crippen LogP contribution in [0.15, 0.2) is 4.47 Å². The summed E-state index contributed by atoms with van der Waals surface area (Å²) in [5.74, 6) is 0.825. The molecule has 2 rings (SSSR count). The first-order valence-corrected chi connectivity index (χ1v) is 8.81. The smallest absolute Gasteiger partial charge is 0.0766 e. The van der Waals surface area contributed by atoms with E-state index in [2.05, 4.69) is 41.4 Å². The van der Waals surface area contributed by atoms with Gasteiger partial charge in [-0.1, -0.05) is 26.7 Å². The van der Waals surface area contributed by atoms with E-state index in [1.54, 1.807) is 0 Å². The molecule has 0 amide bonds. The van der Waals surface area contributed by atoms with Crippen molar-refractivity contribution in [2.45, 2.75) is 77.8 Å². The molecular weight excluding hydrogens is 314 g/mol. The van der Waals surface area contributed by atoms with Crippen LogP contribution in [0.3, 0.4) is 0 Å². The number of aryl methyl sites for hydroxylation is 2. The Labute approximate surface area is 131 Å². The van der Waals surface area contributed by atoms with Gasteiger partial charge in [-0.05, 0) is 54.5 Å². The first-order chi connectivity index (χ1) is 9.49. The molecule has 0 spiro atoms. The molecule has 3 nitrogen and oxygen atoms in total. The monoisotopic (exact) mass is 341 g/mol. The number of hydrogen-bond donors (Lipinski definition) is 1. The molecule has 1 saturated carbocycles. The molecule has 20 heavy (non-hydrogen) atoms. The van der Waals surface area contributed by atoms with Gasteiger partial charge in [-0.2, -0.15) is 5.10 Å². The average molecular weight is 342 g/mol. The van der Waals surface area contributed by atoms with E-state index in [0.717, 1.165) is 43.8 Å². The summed E-state index contributed by atoms with van der Waals surface area (Å²) < 4.78 is 3.32. The van der Waals surface area contributed by atoms with Crippen molar-refractivity contribution in [3.63, 3.8) is 0 Å². The number of hydrogen-bond acceptors (Lipinski definition) is 2. The third-order valence-electron chi connectivity index (χ3n) is 4.72. The fourth-order valence-electron chi connectivity index (χ4n) is 3.30. The molecule has 2 N–H and O–H groups in total. The molecular formula is C16H28BrN3. The molecule has 0 aliphatic heterocycles. The Morgan fingerprint density at radius 1 is 1.35 bits per heavy atom. The second kappa shape index (κ2) is 6.61. The van der Waals surface area contributed by atoms with Gasteiger partial charge in [0, 0.05) is 18.5 Å². The SMILES string of the molecule is CCc1nn(CC)c(CC2(N)CCCC(C)CC2)c1Br. The quantitative estimate of drug-likeness (QED) is 0.839. The van der Waals surface area contributed by atoms with Crippen molar-refractivity contribution < 1.29 is 0 Å². The molecule has 0 saturated heterocycles. The normalized spacial score (nSPS) is 27.6. The summed E-state index contributed by atoms with van der Waals surface area (Å²) in [7, 11) is 0. The highest BCUT2D eigenvalue weighted by molar-refractivity contribution is 9.10. The van der Waals surface area contributed by atoms with E-state index in [-0.39, 0.29) is 5.54 Å². The largest absolute Gasteiger partial charge is 0.325 e. The minimum Gasteiger partial charge on any atom is -0.325 e. The van der Waals surface area contributed by atoms with Gasteiger partial charge in [0.1, 0.15) is 0 Å². The van der Waals surface area contributed by atoms with E-state index in [0.29, 0.717) is 0 Å². The Balaban J connectivity index is 2.21. The van der Waals surface area contributed by atoms with Crippen LogP contribution in [0.25, 0.3) is 0 Å². The number of aromatic nitrogens is 2. The zero-order valence-electron chi connectivity index (χ0n) is 13.1. The molecule has 1 heterocycles. The fraction of sp³-hybridized carbons (Fsp3) is 0.812. The van der Waals surface area contributed by atoms with E-state index in [1.165, 1.54) is 29.4 Å². The average Bonchev–Trinajstić information content (AvgIpc) is 2.61. The van der Waals surface area contributed by atoms with Gasteiger partial charge in [-0.25, -0.2) is 0 Å². The summed E-state index contributed by atoms with van der Waals surface area (Å²) in [4.78, 5) is 0. The predicted octanol–water partition coefficient (Wildman–Crippen LogP) is 4.07. The zero-order valence-corrected chi connectivity index (χ0v) is 14.7. The third-order valence-corrected chi connectivity index (χ3v) is 5.64. The number of halogens is 1.